The Morgan fingerprint density at radius 2 is 1.96 bits per heavy atom. The molecule has 23 heavy (non-hydrogen) atoms. The fourth-order valence-electron chi connectivity index (χ4n) is 1.69. The van der Waals surface area contributed by atoms with Crippen LogP contribution in [0.3, 0.4) is 0 Å². The Labute approximate surface area is 152 Å². The van der Waals surface area contributed by atoms with Crippen LogP contribution in [0.4, 0.5) is 4.39 Å². The van der Waals surface area contributed by atoms with E-state index in [0.717, 1.165) is 14.7 Å². The minimum Gasteiger partial charge on any atom is -0.489 e. The maximum Gasteiger partial charge on any atom is 0.169 e. The van der Waals surface area contributed by atoms with Crippen molar-refractivity contribution in [2.75, 3.05) is 19.8 Å². The molecular formula is C16H20Br2FNO3. The van der Waals surface area contributed by atoms with Crippen molar-refractivity contribution in [3.63, 3.8) is 0 Å². The Kier molecular flexibility index (Phi) is 9.24. The summed E-state index contributed by atoms with van der Waals surface area (Å²) in [5.74, 6) is 0.251. The maximum absolute atomic E-state index is 14.2. The molecule has 0 heterocycles. The van der Waals surface area contributed by atoms with E-state index in [-0.39, 0.29) is 19.0 Å². The lowest BCUT2D eigenvalue weighted by Crippen LogP contribution is -2.08. The third-order valence-electron chi connectivity index (χ3n) is 2.63. The molecule has 0 N–H and O–H groups in total. The number of ether oxygens (including phenoxy) is 2. The molecule has 0 saturated heterocycles. The van der Waals surface area contributed by atoms with Crippen molar-refractivity contribution in [1.82, 2.24) is 0 Å². The predicted molar refractivity (Wildman–Crippen MR) is 97.4 cm³/mol. The molecule has 0 aromatic heterocycles. The van der Waals surface area contributed by atoms with E-state index < -0.39 is 5.82 Å². The molecule has 7 heteroatoms. The fourth-order valence-corrected chi connectivity index (χ4v) is 1.95. The second kappa shape index (κ2) is 10.6. The second-order valence-electron chi connectivity index (χ2n) is 4.77. The second-order valence-corrected chi connectivity index (χ2v) is 7.54. The van der Waals surface area contributed by atoms with E-state index in [9.17, 15) is 4.39 Å². The molecule has 0 spiro atoms. The lowest BCUT2D eigenvalue weighted by molar-refractivity contribution is 0.105. The van der Waals surface area contributed by atoms with Crippen molar-refractivity contribution in [2.24, 2.45) is 5.16 Å². The van der Waals surface area contributed by atoms with Gasteiger partial charge in [0.05, 0.1) is 9.10 Å². The van der Waals surface area contributed by atoms with E-state index in [1.807, 2.05) is 20.8 Å². The summed E-state index contributed by atoms with van der Waals surface area (Å²) in [6, 6.07) is 3.10. The van der Waals surface area contributed by atoms with Crippen LogP contribution in [0.25, 0.3) is 0 Å². The summed E-state index contributed by atoms with van der Waals surface area (Å²) in [5, 5.41) is 3.79. The summed E-state index contributed by atoms with van der Waals surface area (Å²) >= 11 is 6.47. The molecule has 0 atom stereocenters. The third-order valence-corrected chi connectivity index (χ3v) is 3.28. The van der Waals surface area contributed by atoms with Gasteiger partial charge in [-0.15, -0.1) is 0 Å². The van der Waals surface area contributed by atoms with Crippen LogP contribution in [0.2, 0.25) is 0 Å². The van der Waals surface area contributed by atoms with Gasteiger partial charge in [0.1, 0.15) is 19.0 Å². The van der Waals surface area contributed by atoms with Gasteiger partial charge in [0.15, 0.2) is 18.2 Å². The topological polar surface area (TPSA) is 40.0 Å². The molecule has 0 aliphatic carbocycles. The SMILES string of the molecule is CCc1cc(OCC=C(Br)Br)cc(F)c1OCCON=C(C)C. The Hall–Kier alpha value is -1.08. The normalized spacial score (nSPS) is 10.0. The van der Waals surface area contributed by atoms with E-state index in [0.29, 0.717) is 18.8 Å². The van der Waals surface area contributed by atoms with Crippen LogP contribution in [0, 0.1) is 5.82 Å². The van der Waals surface area contributed by atoms with Gasteiger partial charge in [0.2, 0.25) is 0 Å². The molecule has 1 rings (SSSR count). The number of oxime groups is 1. The first-order chi connectivity index (χ1) is 10.9. The van der Waals surface area contributed by atoms with Gasteiger partial charge < -0.3 is 14.3 Å². The first kappa shape index (κ1) is 20.0. The van der Waals surface area contributed by atoms with E-state index >= 15 is 0 Å². The molecule has 0 aliphatic rings. The van der Waals surface area contributed by atoms with Crippen LogP contribution in [-0.4, -0.2) is 25.5 Å². The van der Waals surface area contributed by atoms with Crippen molar-refractivity contribution in [3.05, 3.63) is 33.0 Å². The van der Waals surface area contributed by atoms with Crippen molar-refractivity contribution < 1.29 is 18.7 Å². The van der Waals surface area contributed by atoms with E-state index in [1.54, 1.807) is 12.1 Å². The third kappa shape index (κ3) is 7.83. The predicted octanol–water partition coefficient (Wildman–Crippen LogP) is 5.19. The lowest BCUT2D eigenvalue weighted by Gasteiger charge is -2.13. The number of hydrogen-bond acceptors (Lipinski definition) is 4. The van der Waals surface area contributed by atoms with E-state index in [4.69, 9.17) is 14.3 Å². The van der Waals surface area contributed by atoms with Gasteiger partial charge in [-0.25, -0.2) is 4.39 Å². The van der Waals surface area contributed by atoms with E-state index in [1.165, 1.54) is 6.07 Å². The summed E-state index contributed by atoms with van der Waals surface area (Å²) in [6.07, 6.45) is 2.41. The first-order valence-corrected chi connectivity index (χ1v) is 8.75. The molecule has 128 valence electrons. The zero-order valence-corrected chi connectivity index (χ0v) is 16.5. The molecule has 0 unspecified atom stereocenters. The number of benzene rings is 1. The van der Waals surface area contributed by atoms with Gasteiger partial charge >= 0.3 is 0 Å². The molecule has 0 bridgehead atoms. The van der Waals surface area contributed by atoms with Gasteiger partial charge in [-0.1, -0.05) is 12.1 Å². The van der Waals surface area contributed by atoms with Gasteiger partial charge in [-0.2, -0.15) is 0 Å². The molecule has 0 amide bonds. The summed E-state index contributed by atoms with van der Waals surface area (Å²) in [7, 11) is 0. The van der Waals surface area contributed by atoms with Crippen molar-refractivity contribution in [1.29, 1.82) is 0 Å². The molecular weight excluding hydrogens is 433 g/mol. The molecule has 1 aromatic carbocycles. The van der Waals surface area contributed by atoms with Crippen LogP contribution in [-0.2, 0) is 11.3 Å². The van der Waals surface area contributed by atoms with Crippen LogP contribution in [0.5, 0.6) is 11.5 Å². The molecule has 4 nitrogen and oxygen atoms in total. The van der Waals surface area contributed by atoms with Crippen molar-refractivity contribution in [2.45, 2.75) is 27.2 Å². The largest absolute Gasteiger partial charge is 0.489 e. The number of aryl methyl sites for hydroxylation is 1. The summed E-state index contributed by atoms with van der Waals surface area (Å²) in [5.41, 5.74) is 1.56. The Morgan fingerprint density at radius 1 is 1.22 bits per heavy atom. The highest BCUT2D eigenvalue weighted by Crippen LogP contribution is 2.29. The zero-order valence-electron chi connectivity index (χ0n) is 13.4. The van der Waals surface area contributed by atoms with Crippen LogP contribution < -0.4 is 9.47 Å². The molecule has 0 radical (unpaired) electrons. The average molecular weight is 453 g/mol. The number of halogens is 3. The van der Waals surface area contributed by atoms with Crippen LogP contribution in [0.15, 0.2) is 26.8 Å². The minimum absolute atomic E-state index is 0.222. The van der Waals surface area contributed by atoms with Gasteiger partial charge in [-0.05, 0) is 64.3 Å². The zero-order chi connectivity index (χ0) is 17.2. The fraction of sp³-hybridized carbons (Fsp3) is 0.438. The van der Waals surface area contributed by atoms with Gasteiger partial charge in [0, 0.05) is 11.6 Å². The van der Waals surface area contributed by atoms with E-state index in [2.05, 4.69) is 37.0 Å². The highest BCUT2D eigenvalue weighted by molar-refractivity contribution is 9.28. The quantitative estimate of drug-likeness (QED) is 0.294. The highest BCUT2D eigenvalue weighted by atomic mass is 79.9. The lowest BCUT2D eigenvalue weighted by atomic mass is 10.1. The molecule has 0 saturated carbocycles. The van der Waals surface area contributed by atoms with Crippen LogP contribution in [0.1, 0.15) is 26.3 Å². The minimum atomic E-state index is -0.448. The van der Waals surface area contributed by atoms with Crippen LogP contribution >= 0.6 is 31.9 Å². The maximum atomic E-state index is 14.2. The average Bonchev–Trinajstić information content (AvgIpc) is 2.47. The van der Waals surface area contributed by atoms with Crippen molar-refractivity contribution >= 4 is 37.6 Å². The van der Waals surface area contributed by atoms with Gasteiger partial charge in [0.25, 0.3) is 0 Å². The number of rotatable bonds is 9. The smallest absolute Gasteiger partial charge is 0.169 e. The molecule has 0 fully saturated rings. The monoisotopic (exact) mass is 451 g/mol. The highest BCUT2D eigenvalue weighted by Gasteiger charge is 2.12. The summed E-state index contributed by atoms with van der Waals surface area (Å²) in [4.78, 5) is 5.03. The number of hydrogen-bond donors (Lipinski definition) is 0. The molecule has 0 aliphatic heterocycles. The Balaban J connectivity index is 2.69. The van der Waals surface area contributed by atoms with Gasteiger partial charge in [-0.3, -0.25) is 0 Å². The summed E-state index contributed by atoms with van der Waals surface area (Å²) in [6.45, 7) is 6.41. The first-order valence-electron chi connectivity index (χ1n) is 7.16. The number of nitrogens with zero attached hydrogens (tertiary/aromatic N) is 1. The summed E-state index contributed by atoms with van der Waals surface area (Å²) < 4.78 is 26.0. The molecule has 1 aromatic rings. The Bertz CT molecular complexity index is 569. The Morgan fingerprint density at radius 3 is 2.57 bits per heavy atom. The standard InChI is InChI=1S/C16H20Br2FNO3/c1-4-12-9-13(21-6-5-15(17)18)10-14(19)16(12)22-7-8-23-20-11(2)3/h5,9-10H,4,6-8H2,1-3H3. The van der Waals surface area contributed by atoms with Crippen molar-refractivity contribution in [3.8, 4) is 11.5 Å².